The fraction of sp³-hybridized carbons (Fsp3) is 0.765. The summed E-state index contributed by atoms with van der Waals surface area (Å²) in [6.07, 6.45) is 3.46. The lowest BCUT2D eigenvalue weighted by Gasteiger charge is -2.29. The van der Waals surface area contributed by atoms with Crippen molar-refractivity contribution in [1.29, 1.82) is 0 Å². The number of nitrogens with one attached hydrogen (secondary N) is 2. The lowest BCUT2D eigenvalue weighted by molar-refractivity contribution is 0.193. The van der Waals surface area contributed by atoms with Crippen molar-refractivity contribution in [1.82, 2.24) is 14.9 Å². The van der Waals surface area contributed by atoms with Crippen LogP contribution in [0.25, 0.3) is 0 Å². The van der Waals surface area contributed by atoms with Crippen molar-refractivity contribution in [2.45, 2.75) is 25.2 Å². The van der Waals surface area contributed by atoms with Gasteiger partial charge in [-0.2, -0.15) is 4.98 Å². The number of piperidine rings is 1. The Kier molecular flexibility index (Phi) is 6.23. The molecule has 0 bridgehead atoms. The van der Waals surface area contributed by atoms with Crippen LogP contribution in [-0.2, 0) is 4.74 Å². The van der Waals surface area contributed by atoms with Crippen molar-refractivity contribution in [3.05, 3.63) is 11.8 Å². The molecule has 0 saturated carbocycles. The molecule has 7 nitrogen and oxygen atoms in total. The van der Waals surface area contributed by atoms with Crippen molar-refractivity contribution in [2.24, 2.45) is 5.92 Å². The van der Waals surface area contributed by atoms with Gasteiger partial charge < -0.3 is 25.4 Å². The quantitative estimate of drug-likeness (QED) is 0.689. The summed E-state index contributed by atoms with van der Waals surface area (Å²) in [4.78, 5) is 11.5. The third-order valence-corrected chi connectivity index (χ3v) is 4.90. The molecule has 1 aromatic rings. The van der Waals surface area contributed by atoms with E-state index in [2.05, 4.69) is 38.6 Å². The van der Waals surface area contributed by atoms with E-state index in [0.717, 1.165) is 37.7 Å². The van der Waals surface area contributed by atoms with Gasteiger partial charge in [0, 0.05) is 31.7 Å². The molecule has 3 N–H and O–H groups in total. The zero-order chi connectivity index (χ0) is 16.8. The van der Waals surface area contributed by atoms with E-state index in [4.69, 9.17) is 9.84 Å². The molecular formula is C17H29N5O2. The highest BCUT2D eigenvalue weighted by Crippen LogP contribution is 2.26. The fourth-order valence-corrected chi connectivity index (χ4v) is 3.30. The summed E-state index contributed by atoms with van der Waals surface area (Å²) in [7, 11) is 2.18. The first-order valence-electron chi connectivity index (χ1n) is 8.98. The number of aliphatic hydroxyl groups excluding tert-OH is 1. The molecule has 2 aliphatic heterocycles. The molecule has 134 valence electrons. The fourth-order valence-electron chi connectivity index (χ4n) is 3.30. The monoisotopic (exact) mass is 335 g/mol. The Labute approximate surface area is 143 Å². The summed E-state index contributed by atoms with van der Waals surface area (Å²) in [5, 5.41) is 15.6. The Bertz CT molecular complexity index is 514. The molecular weight excluding hydrogens is 306 g/mol. The highest BCUT2D eigenvalue weighted by Gasteiger charge is 2.21. The summed E-state index contributed by atoms with van der Waals surface area (Å²) < 4.78 is 5.49. The normalized spacial score (nSPS) is 22.7. The summed E-state index contributed by atoms with van der Waals surface area (Å²) >= 11 is 0. The molecule has 0 unspecified atom stereocenters. The van der Waals surface area contributed by atoms with Crippen LogP contribution >= 0.6 is 0 Å². The maximum atomic E-state index is 9.02. The van der Waals surface area contributed by atoms with E-state index in [1.807, 2.05) is 0 Å². The number of ether oxygens (including phenoxy) is 1. The molecule has 0 spiro atoms. The number of aliphatic hydroxyl groups is 1. The number of hydrogen-bond acceptors (Lipinski definition) is 7. The van der Waals surface area contributed by atoms with Crippen molar-refractivity contribution >= 4 is 11.8 Å². The average Bonchev–Trinajstić information content (AvgIpc) is 3.14. The minimum Gasteiger partial charge on any atom is -0.395 e. The van der Waals surface area contributed by atoms with Crippen LogP contribution in [0.5, 0.6) is 0 Å². The highest BCUT2D eigenvalue weighted by molar-refractivity contribution is 5.43. The van der Waals surface area contributed by atoms with Crippen LogP contribution in [0.2, 0.25) is 0 Å². The molecule has 2 fully saturated rings. The first-order chi connectivity index (χ1) is 11.7. The second kappa shape index (κ2) is 8.60. The van der Waals surface area contributed by atoms with Gasteiger partial charge in [0.05, 0.1) is 18.9 Å². The predicted octanol–water partition coefficient (Wildman–Crippen LogP) is 1.14. The van der Waals surface area contributed by atoms with Gasteiger partial charge in [-0.15, -0.1) is 0 Å². The number of rotatable bonds is 7. The number of nitrogens with zero attached hydrogens (tertiary/aromatic N) is 3. The number of anilines is 2. The Balaban J connectivity index is 1.64. The summed E-state index contributed by atoms with van der Waals surface area (Å²) in [5.41, 5.74) is 1.02. The first kappa shape index (κ1) is 17.4. The summed E-state index contributed by atoms with van der Waals surface area (Å²) in [6.45, 7) is 5.34. The van der Waals surface area contributed by atoms with Gasteiger partial charge in [-0.1, -0.05) is 0 Å². The van der Waals surface area contributed by atoms with Crippen LogP contribution in [0.4, 0.5) is 11.8 Å². The van der Waals surface area contributed by atoms with Crippen LogP contribution in [-0.4, -0.2) is 73.0 Å². The zero-order valence-corrected chi connectivity index (χ0v) is 14.5. The SMILES string of the molecule is CN1CCC(CNc2cc([C@@H]3CCOC3)nc(NCCO)n2)CC1. The van der Waals surface area contributed by atoms with Crippen LogP contribution in [0.15, 0.2) is 6.07 Å². The topological polar surface area (TPSA) is 82.5 Å². The Morgan fingerprint density at radius 2 is 2.08 bits per heavy atom. The smallest absolute Gasteiger partial charge is 0.224 e. The van der Waals surface area contributed by atoms with Gasteiger partial charge in [0.2, 0.25) is 5.95 Å². The molecule has 24 heavy (non-hydrogen) atoms. The van der Waals surface area contributed by atoms with E-state index >= 15 is 0 Å². The molecule has 1 atom stereocenters. The van der Waals surface area contributed by atoms with Crippen molar-refractivity contribution in [2.75, 3.05) is 63.7 Å². The second-order valence-electron chi connectivity index (χ2n) is 6.84. The van der Waals surface area contributed by atoms with Gasteiger partial charge >= 0.3 is 0 Å². The molecule has 0 amide bonds. The summed E-state index contributed by atoms with van der Waals surface area (Å²) in [6, 6.07) is 2.05. The molecule has 1 aromatic heterocycles. The van der Waals surface area contributed by atoms with Gasteiger partial charge in [0.15, 0.2) is 0 Å². The van der Waals surface area contributed by atoms with Crippen LogP contribution < -0.4 is 10.6 Å². The van der Waals surface area contributed by atoms with Crippen molar-refractivity contribution in [3.8, 4) is 0 Å². The highest BCUT2D eigenvalue weighted by atomic mass is 16.5. The van der Waals surface area contributed by atoms with Gasteiger partial charge in [-0.25, -0.2) is 4.98 Å². The van der Waals surface area contributed by atoms with Gasteiger partial charge in [-0.05, 0) is 45.3 Å². The van der Waals surface area contributed by atoms with Gasteiger partial charge in [-0.3, -0.25) is 0 Å². The Morgan fingerprint density at radius 1 is 1.25 bits per heavy atom. The predicted molar refractivity (Wildman–Crippen MR) is 94.5 cm³/mol. The minimum atomic E-state index is 0.0679. The Morgan fingerprint density at radius 3 is 2.79 bits per heavy atom. The Hall–Kier alpha value is -1.44. The average molecular weight is 335 g/mol. The second-order valence-corrected chi connectivity index (χ2v) is 6.84. The van der Waals surface area contributed by atoms with E-state index in [1.165, 1.54) is 25.9 Å². The number of likely N-dealkylation sites (tertiary alicyclic amines) is 1. The van der Waals surface area contributed by atoms with Crippen molar-refractivity contribution in [3.63, 3.8) is 0 Å². The standard InChI is InChI=1S/C17H29N5O2/c1-22-6-2-13(3-7-22)11-19-16-10-15(14-4-9-24-12-14)20-17(21-16)18-5-8-23/h10,13-14,23H,2-9,11-12H2,1H3,(H2,18,19,20,21)/t14-/m1/s1. The molecule has 0 aliphatic carbocycles. The maximum absolute atomic E-state index is 9.02. The maximum Gasteiger partial charge on any atom is 0.224 e. The molecule has 0 radical (unpaired) electrons. The van der Waals surface area contributed by atoms with Gasteiger partial charge in [0.25, 0.3) is 0 Å². The minimum absolute atomic E-state index is 0.0679. The van der Waals surface area contributed by atoms with Crippen LogP contribution in [0.3, 0.4) is 0 Å². The van der Waals surface area contributed by atoms with Crippen molar-refractivity contribution < 1.29 is 9.84 Å². The molecule has 3 heterocycles. The molecule has 3 rings (SSSR count). The lowest BCUT2D eigenvalue weighted by Crippen LogP contribution is -2.33. The van der Waals surface area contributed by atoms with Gasteiger partial charge in [0.1, 0.15) is 5.82 Å². The molecule has 7 heteroatoms. The largest absolute Gasteiger partial charge is 0.395 e. The molecule has 2 saturated heterocycles. The number of hydrogen-bond donors (Lipinski definition) is 3. The summed E-state index contributed by atoms with van der Waals surface area (Å²) in [5.74, 6) is 2.49. The van der Waals surface area contributed by atoms with E-state index in [0.29, 0.717) is 24.3 Å². The van der Waals surface area contributed by atoms with E-state index in [1.54, 1.807) is 0 Å². The first-order valence-corrected chi connectivity index (χ1v) is 8.98. The lowest BCUT2D eigenvalue weighted by atomic mass is 9.97. The third kappa shape index (κ3) is 4.78. The third-order valence-electron chi connectivity index (χ3n) is 4.90. The molecule has 2 aliphatic rings. The van der Waals surface area contributed by atoms with E-state index in [9.17, 15) is 0 Å². The number of aromatic nitrogens is 2. The molecule has 0 aromatic carbocycles. The van der Waals surface area contributed by atoms with Crippen LogP contribution in [0.1, 0.15) is 30.9 Å². The van der Waals surface area contributed by atoms with E-state index < -0.39 is 0 Å². The zero-order valence-electron chi connectivity index (χ0n) is 14.5. The van der Waals surface area contributed by atoms with E-state index in [-0.39, 0.29) is 6.61 Å². The van der Waals surface area contributed by atoms with Crippen LogP contribution in [0, 0.1) is 5.92 Å².